The average Bonchev–Trinajstić information content (AvgIpc) is 2.10. The molecule has 1 atom stereocenters. The van der Waals surface area contributed by atoms with Crippen LogP contribution in [-0.2, 0) is 0 Å². The Bertz CT molecular complexity index is 274. The Morgan fingerprint density at radius 2 is 2.00 bits per heavy atom. The topological polar surface area (TPSA) is 12.0 Å². The second-order valence-electron chi connectivity index (χ2n) is 3.61. The van der Waals surface area contributed by atoms with Crippen molar-refractivity contribution >= 4 is 0 Å². The van der Waals surface area contributed by atoms with Crippen LogP contribution in [0, 0.1) is 13.8 Å². The van der Waals surface area contributed by atoms with E-state index in [0.29, 0.717) is 6.04 Å². The van der Waals surface area contributed by atoms with Gasteiger partial charge in [-0.1, -0.05) is 30.7 Å². The van der Waals surface area contributed by atoms with Crippen molar-refractivity contribution in [3.63, 3.8) is 0 Å². The van der Waals surface area contributed by atoms with Gasteiger partial charge in [0.25, 0.3) is 0 Å². The molecule has 1 unspecified atom stereocenters. The van der Waals surface area contributed by atoms with Gasteiger partial charge in [0, 0.05) is 6.04 Å². The van der Waals surface area contributed by atoms with Gasteiger partial charge in [-0.15, -0.1) is 0 Å². The first-order valence-corrected chi connectivity index (χ1v) is 4.93. The molecule has 1 N–H and O–H groups in total. The molecule has 0 saturated carbocycles. The smallest absolute Gasteiger partial charge is 0.0317 e. The zero-order valence-electron chi connectivity index (χ0n) is 9.02. The molecule has 0 aromatic heterocycles. The van der Waals surface area contributed by atoms with E-state index in [1.54, 1.807) is 0 Å². The van der Waals surface area contributed by atoms with Gasteiger partial charge in [0.15, 0.2) is 0 Å². The van der Waals surface area contributed by atoms with E-state index in [-0.39, 0.29) is 0 Å². The second kappa shape index (κ2) is 4.43. The van der Waals surface area contributed by atoms with E-state index >= 15 is 0 Å². The predicted molar refractivity (Wildman–Crippen MR) is 58.0 cm³/mol. The normalized spacial score (nSPS) is 12.9. The van der Waals surface area contributed by atoms with Crippen molar-refractivity contribution in [2.45, 2.75) is 33.2 Å². The van der Waals surface area contributed by atoms with Crippen LogP contribution >= 0.6 is 0 Å². The third-order valence-corrected chi connectivity index (χ3v) is 2.56. The van der Waals surface area contributed by atoms with Crippen LogP contribution in [0.5, 0.6) is 0 Å². The summed E-state index contributed by atoms with van der Waals surface area (Å²) in [6, 6.07) is 7.16. The van der Waals surface area contributed by atoms with E-state index in [9.17, 15) is 0 Å². The van der Waals surface area contributed by atoms with Crippen molar-refractivity contribution < 1.29 is 0 Å². The SMILES string of the molecule is CCC(NC)c1ccc(C)cc1C. The van der Waals surface area contributed by atoms with Gasteiger partial charge < -0.3 is 5.32 Å². The van der Waals surface area contributed by atoms with Crippen molar-refractivity contribution in [3.05, 3.63) is 34.9 Å². The minimum atomic E-state index is 0.501. The first kappa shape index (κ1) is 10.3. The van der Waals surface area contributed by atoms with Crippen molar-refractivity contribution in [1.82, 2.24) is 5.32 Å². The Labute approximate surface area is 81.2 Å². The third kappa shape index (κ3) is 2.31. The van der Waals surface area contributed by atoms with Crippen LogP contribution in [0.3, 0.4) is 0 Å². The number of rotatable bonds is 3. The molecule has 1 aromatic rings. The van der Waals surface area contributed by atoms with Crippen LogP contribution in [0.1, 0.15) is 36.1 Å². The Morgan fingerprint density at radius 1 is 1.31 bits per heavy atom. The lowest BCUT2D eigenvalue weighted by Gasteiger charge is -2.17. The summed E-state index contributed by atoms with van der Waals surface area (Å²) in [4.78, 5) is 0. The lowest BCUT2D eigenvalue weighted by atomic mass is 9.98. The van der Waals surface area contributed by atoms with E-state index in [0.717, 1.165) is 6.42 Å². The van der Waals surface area contributed by atoms with Crippen molar-refractivity contribution in [2.75, 3.05) is 7.05 Å². The zero-order valence-corrected chi connectivity index (χ0v) is 9.02. The maximum atomic E-state index is 3.33. The van der Waals surface area contributed by atoms with E-state index in [1.807, 2.05) is 7.05 Å². The number of hydrogen-bond donors (Lipinski definition) is 1. The Morgan fingerprint density at radius 3 is 2.46 bits per heavy atom. The van der Waals surface area contributed by atoms with Crippen molar-refractivity contribution in [2.24, 2.45) is 0 Å². The molecule has 72 valence electrons. The van der Waals surface area contributed by atoms with Gasteiger partial charge in [0.05, 0.1) is 0 Å². The van der Waals surface area contributed by atoms with Gasteiger partial charge in [-0.2, -0.15) is 0 Å². The number of aryl methyl sites for hydroxylation is 2. The first-order valence-electron chi connectivity index (χ1n) is 4.93. The van der Waals surface area contributed by atoms with Gasteiger partial charge >= 0.3 is 0 Å². The summed E-state index contributed by atoms with van der Waals surface area (Å²) in [5.74, 6) is 0. The highest BCUT2D eigenvalue weighted by Gasteiger charge is 2.08. The molecule has 0 amide bonds. The molecular formula is C12H19N. The van der Waals surface area contributed by atoms with E-state index in [1.165, 1.54) is 16.7 Å². The maximum Gasteiger partial charge on any atom is 0.0317 e. The molecule has 0 aliphatic heterocycles. The molecule has 0 fully saturated rings. The summed E-state index contributed by atoms with van der Waals surface area (Å²) in [7, 11) is 2.02. The van der Waals surface area contributed by atoms with Crippen LogP contribution in [0.4, 0.5) is 0 Å². The number of hydrogen-bond acceptors (Lipinski definition) is 1. The Kier molecular flexibility index (Phi) is 3.49. The fourth-order valence-electron chi connectivity index (χ4n) is 1.80. The summed E-state index contributed by atoms with van der Waals surface area (Å²) in [6.45, 7) is 6.53. The lowest BCUT2D eigenvalue weighted by Crippen LogP contribution is -2.16. The van der Waals surface area contributed by atoms with Crippen LogP contribution in [-0.4, -0.2) is 7.05 Å². The van der Waals surface area contributed by atoms with E-state index in [2.05, 4.69) is 44.3 Å². The van der Waals surface area contributed by atoms with Gasteiger partial charge in [0.1, 0.15) is 0 Å². The maximum absolute atomic E-state index is 3.33. The standard InChI is InChI=1S/C12H19N/c1-5-12(13-4)11-7-6-9(2)8-10(11)3/h6-8,12-13H,5H2,1-4H3. The fourth-order valence-corrected chi connectivity index (χ4v) is 1.80. The average molecular weight is 177 g/mol. The molecule has 0 spiro atoms. The summed E-state index contributed by atoms with van der Waals surface area (Å²) >= 11 is 0. The highest BCUT2D eigenvalue weighted by atomic mass is 14.9. The lowest BCUT2D eigenvalue weighted by molar-refractivity contribution is 0.574. The third-order valence-electron chi connectivity index (χ3n) is 2.56. The molecule has 0 saturated heterocycles. The van der Waals surface area contributed by atoms with Gasteiger partial charge in [-0.3, -0.25) is 0 Å². The molecule has 0 heterocycles. The number of benzene rings is 1. The van der Waals surface area contributed by atoms with Crippen molar-refractivity contribution in [3.8, 4) is 0 Å². The van der Waals surface area contributed by atoms with E-state index in [4.69, 9.17) is 0 Å². The Hall–Kier alpha value is -0.820. The summed E-state index contributed by atoms with van der Waals surface area (Å²) < 4.78 is 0. The van der Waals surface area contributed by atoms with Crippen LogP contribution in [0.2, 0.25) is 0 Å². The molecular weight excluding hydrogens is 158 g/mol. The fraction of sp³-hybridized carbons (Fsp3) is 0.500. The second-order valence-corrected chi connectivity index (χ2v) is 3.61. The largest absolute Gasteiger partial charge is 0.313 e. The van der Waals surface area contributed by atoms with E-state index < -0.39 is 0 Å². The highest BCUT2D eigenvalue weighted by molar-refractivity contribution is 5.32. The summed E-state index contributed by atoms with van der Waals surface area (Å²) in [5, 5.41) is 3.33. The molecule has 0 aliphatic rings. The monoisotopic (exact) mass is 177 g/mol. The minimum Gasteiger partial charge on any atom is -0.313 e. The Balaban J connectivity index is 2.99. The molecule has 0 radical (unpaired) electrons. The van der Waals surface area contributed by atoms with Crippen LogP contribution in [0.15, 0.2) is 18.2 Å². The van der Waals surface area contributed by atoms with Gasteiger partial charge in [-0.25, -0.2) is 0 Å². The molecule has 1 nitrogen and oxygen atoms in total. The zero-order chi connectivity index (χ0) is 9.84. The van der Waals surface area contributed by atoms with Gasteiger partial charge in [-0.05, 0) is 38.4 Å². The molecule has 1 aromatic carbocycles. The molecule has 0 aliphatic carbocycles. The molecule has 0 bridgehead atoms. The molecule has 1 heteroatoms. The number of nitrogens with one attached hydrogen (secondary N) is 1. The summed E-state index contributed by atoms with van der Waals surface area (Å²) in [5.41, 5.74) is 4.16. The highest BCUT2D eigenvalue weighted by Crippen LogP contribution is 2.20. The molecule has 13 heavy (non-hydrogen) atoms. The first-order chi connectivity index (χ1) is 6.19. The van der Waals surface area contributed by atoms with Crippen LogP contribution in [0.25, 0.3) is 0 Å². The van der Waals surface area contributed by atoms with Crippen molar-refractivity contribution in [1.29, 1.82) is 0 Å². The van der Waals surface area contributed by atoms with Gasteiger partial charge in [0.2, 0.25) is 0 Å². The predicted octanol–water partition coefficient (Wildman–Crippen LogP) is 2.97. The van der Waals surface area contributed by atoms with Crippen LogP contribution < -0.4 is 5.32 Å². The quantitative estimate of drug-likeness (QED) is 0.748. The minimum absolute atomic E-state index is 0.501. The summed E-state index contributed by atoms with van der Waals surface area (Å²) in [6.07, 6.45) is 1.14. The molecule has 1 rings (SSSR count).